The van der Waals surface area contributed by atoms with Gasteiger partial charge < -0.3 is 10.2 Å². The van der Waals surface area contributed by atoms with Gasteiger partial charge in [-0.25, -0.2) is 8.42 Å². The average molecular weight is 681 g/mol. The summed E-state index contributed by atoms with van der Waals surface area (Å²) in [4.78, 5) is 30.0. The molecule has 10 heteroatoms. The van der Waals surface area contributed by atoms with Crippen molar-refractivity contribution in [2.75, 3.05) is 10.8 Å². The van der Waals surface area contributed by atoms with Gasteiger partial charge in [0.05, 0.1) is 20.6 Å². The summed E-state index contributed by atoms with van der Waals surface area (Å²) in [7, 11) is -4.18. The van der Waals surface area contributed by atoms with Crippen molar-refractivity contribution in [3.8, 4) is 0 Å². The molecule has 0 aliphatic carbocycles. The van der Waals surface area contributed by atoms with Crippen LogP contribution in [0.2, 0.25) is 10.0 Å². The van der Waals surface area contributed by atoms with Crippen LogP contribution >= 0.6 is 23.2 Å². The summed E-state index contributed by atoms with van der Waals surface area (Å²) in [5.74, 6) is -0.890. The Balaban J connectivity index is 1.82. The van der Waals surface area contributed by atoms with Gasteiger partial charge in [-0.1, -0.05) is 96.4 Å². The Hall–Kier alpha value is -3.85. The van der Waals surface area contributed by atoms with E-state index in [1.165, 1.54) is 17.0 Å². The summed E-state index contributed by atoms with van der Waals surface area (Å²) in [6.45, 7) is 7.04. The van der Waals surface area contributed by atoms with E-state index in [1.54, 1.807) is 48.5 Å². The van der Waals surface area contributed by atoms with Gasteiger partial charge in [-0.15, -0.1) is 0 Å². The fourth-order valence-corrected chi connectivity index (χ4v) is 6.71. The number of anilines is 1. The Morgan fingerprint density at radius 1 is 0.804 bits per heavy atom. The van der Waals surface area contributed by atoms with E-state index in [-0.39, 0.29) is 29.8 Å². The van der Waals surface area contributed by atoms with E-state index in [2.05, 4.69) is 5.32 Å². The lowest BCUT2D eigenvalue weighted by molar-refractivity contribution is -0.140. The van der Waals surface area contributed by atoms with Gasteiger partial charge in [0.25, 0.3) is 10.0 Å². The number of hydrogen-bond acceptors (Lipinski definition) is 4. The molecule has 0 heterocycles. The standard InChI is InChI=1S/C36H39Cl2N3O4S/c1-5-27(4)39-36(43)34(22-28-11-7-6-8-12-28)40(23-29-16-19-32(37)33(38)21-29)35(42)24-41(30-13-9-10-26(3)20-30)46(44,45)31-17-14-25(2)15-18-31/h6-21,27,34H,5,22-24H2,1-4H3,(H,39,43)/t27-,34+/m0/s1. The number of amides is 2. The van der Waals surface area contributed by atoms with Gasteiger partial charge in [-0.3, -0.25) is 13.9 Å². The lowest BCUT2D eigenvalue weighted by Crippen LogP contribution is -2.54. The molecule has 242 valence electrons. The molecule has 0 bridgehead atoms. The van der Waals surface area contributed by atoms with Gasteiger partial charge in [-0.05, 0) is 80.3 Å². The van der Waals surface area contributed by atoms with Gasteiger partial charge in [0.15, 0.2) is 0 Å². The Morgan fingerprint density at radius 3 is 2.13 bits per heavy atom. The van der Waals surface area contributed by atoms with Crippen molar-refractivity contribution in [1.29, 1.82) is 0 Å². The van der Waals surface area contributed by atoms with Gasteiger partial charge in [0.2, 0.25) is 11.8 Å². The molecule has 0 spiro atoms. The molecule has 0 unspecified atom stereocenters. The summed E-state index contributed by atoms with van der Waals surface area (Å²) >= 11 is 12.5. The molecule has 4 aromatic rings. The van der Waals surface area contributed by atoms with Crippen molar-refractivity contribution in [2.24, 2.45) is 0 Å². The molecule has 0 aliphatic rings. The molecule has 4 aromatic carbocycles. The SMILES string of the molecule is CC[C@H](C)NC(=O)[C@@H](Cc1ccccc1)N(Cc1ccc(Cl)c(Cl)c1)C(=O)CN(c1cccc(C)c1)S(=O)(=O)c1ccc(C)cc1. The molecule has 0 aliphatic heterocycles. The third-order valence-corrected chi connectivity index (χ3v) is 10.3. The number of sulfonamides is 1. The maximum Gasteiger partial charge on any atom is 0.264 e. The van der Waals surface area contributed by atoms with Crippen LogP contribution in [0.3, 0.4) is 0 Å². The third kappa shape index (κ3) is 8.90. The fraction of sp³-hybridized carbons (Fsp3) is 0.278. The second-order valence-electron chi connectivity index (χ2n) is 11.5. The van der Waals surface area contributed by atoms with Crippen LogP contribution < -0.4 is 9.62 Å². The smallest absolute Gasteiger partial charge is 0.264 e. The number of rotatable bonds is 13. The summed E-state index contributed by atoms with van der Waals surface area (Å²) < 4.78 is 29.5. The molecule has 0 aromatic heterocycles. The molecule has 2 amide bonds. The minimum atomic E-state index is -4.18. The van der Waals surface area contributed by atoms with E-state index in [0.717, 1.165) is 21.0 Å². The quantitative estimate of drug-likeness (QED) is 0.160. The second kappa shape index (κ2) is 15.6. The third-order valence-electron chi connectivity index (χ3n) is 7.79. The molecule has 1 N–H and O–H groups in total. The van der Waals surface area contributed by atoms with Crippen LogP contribution in [0.5, 0.6) is 0 Å². The molecule has 4 rings (SSSR count). The van der Waals surface area contributed by atoms with E-state index in [4.69, 9.17) is 23.2 Å². The highest BCUT2D eigenvalue weighted by Gasteiger charge is 2.35. The van der Waals surface area contributed by atoms with Crippen LogP contribution in [0.4, 0.5) is 5.69 Å². The topological polar surface area (TPSA) is 86.8 Å². The van der Waals surface area contributed by atoms with Crippen molar-refractivity contribution in [3.63, 3.8) is 0 Å². The van der Waals surface area contributed by atoms with Crippen molar-refractivity contribution in [1.82, 2.24) is 10.2 Å². The predicted octanol–water partition coefficient (Wildman–Crippen LogP) is 7.36. The molecular formula is C36H39Cl2N3O4S. The zero-order valence-corrected chi connectivity index (χ0v) is 28.7. The Labute approximate surface area is 282 Å². The maximum atomic E-state index is 14.6. The Bertz CT molecular complexity index is 1770. The van der Waals surface area contributed by atoms with E-state index in [0.29, 0.717) is 27.7 Å². The van der Waals surface area contributed by atoms with E-state index >= 15 is 0 Å². The van der Waals surface area contributed by atoms with Gasteiger partial charge in [0, 0.05) is 19.0 Å². The van der Waals surface area contributed by atoms with Gasteiger partial charge in [0.1, 0.15) is 12.6 Å². The summed E-state index contributed by atoms with van der Waals surface area (Å²) in [5.41, 5.74) is 3.56. The highest BCUT2D eigenvalue weighted by molar-refractivity contribution is 7.92. The van der Waals surface area contributed by atoms with Crippen LogP contribution in [0, 0.1) is 13.8 Å². The Kier molecular flexibility index (Phi) is 11.9. The first kappa shape index (κ1) is 35.0. The van der Waals surface area contributed by atoms with Crippen LogP contribution in [-0.4, -0.2) is 43.8 Å². The van der Waals surface area contributed by atoms with Crippen LogP contribution in [-0.2, 0) is 32.6 Å². The molecule has 46 heavy (non-hydrogen) atoms. The normalized spacial score (nSPS) is 12.7. The zero-order valence-electron chi connectivity index (χ0n) is 26.4. The number of carbonyl (C=O) groups excluding carboxylic acids is 2. The van der Waals surface area contributed by atoms with E-state index < -0.39 is 28.5 Å². The summed E-state index contributed by atoms with van der Waals surface area (Å²) in [6.07, 6.45) is 0.909. The summed E-state index contributed by atoms with van der Waals surface area (Å²) in [5, 5.41) is 3.69. The van der Waals surface area contributed by atoms with Crippen molar-refractivity contribution in [2.45, 2.75) is 64.1 Å². The highest BCUT2D eigenvalue weighted by atomic mass is 35.5. The molecule has 0 radical (unpaired) electrons. The van der Waals surface area contributed by atoms with Crippen LogP contribution in [0.25, 0.3) is 0 Å². The number of aryl methyl sites for hydroxylation is 2. The van der Waals surface area contributed by atoms with Crippen LogP contribution in [0.1, 0.15) is 42.5 Å². The molecule has 2 atom stereocenters. The molecule has 0 saturated carbocycles. The monoisotopic (exact) mass is 679 g/mol. The van der Waals surface area contributed by atoms with Crippen molar-refractivity contribution in [3.05, 3.63) is 129 Å². The fourth-order valence-electron chi connectivity index (χ4n) is 4.98. The van der Waals surface area contributed by atoms with Crippen LogP contribution in [0.15, 0.2) is 102 Å². The van der Waals surface area contributed by atoms with E-state index in [1.807, 2.05) is 64.1 Å². The minimum Gasteiger partial charge on any atom is -0.352 e. The minimum absolute atomic E-state index is 0.00656. The lowest BCUT2D eigenvalue weighted by atomic mass is 10.0. The average Bonchev–Trinajstić information content (AvgIpc) is 3.03. The van der Waals surface area contributed by atoms with E-state index in [9.17, 15) is 18.0 Å². The largest absolute Gasteiger partial charge is 0.352 e. The van der Waals surface area contributed by atoms with Gasteiger partial charge >= 0.3 is 0 Å². The number of halogens is 2. The first-order valence-electron chi connectivity index (χ1n) is 15.1. The number of hydrogen-bond donors (Lipinski definition) is 1. The lowest BCUT2D eigenvalue weighted by Gasteiger charge is -2.34. The van der Waals surface area contributed by atoms with Crippen molar-refractivity contribution >= 4 is 50.7 Å². The highest BCUT2D eigenvalue weighted by Crippen LogP contribution is 2.27. The number of benzene rings is 4. The first-order chi connectivity index (χ1) is 21.9. The number of carbonyl (C=O) groups is 2. The number of nitrogens with zero attached hydrogens (tertiary/aromatic N) is 2. The second-order valence-corrected chi connectivity index (χ2v) is 14.1. The first-order valence-corrected chi connectivity index (χ1v) is 17.3. The van der Waals surface area contributed by atoms with Gasteiger partial charge in [-0.2, -0.15) is 0 Å². The maximum absolute atomic E-state index is 14.6. The molecule has 7 nitrogen and oxygen atoms in total. The molecule has 0 fully saturated rings. The van der Waals surface area contributed by atoms with Crippen molar-refractivity contribution < 1.29 is 18.0 Å². The number of nitrogens with one attached hydrogen (secondary N) is 1. The summed E-state index contributed by atoms with van der Waals surface area (Å²) in [6, 6.07) is 26.8. The Morgan fingerprint density at radius 2 is 1.50 bits per heavy atom. The molecule has 0 saturated heterocycles. The zero-order chi connectivity index (χ0) is 33.4. The predicted molar refractivity (Wildman–Crippen MR) is 186 cm³/mol. The molecular weight excluding hydrogens is 641 g/mol.